The van der Waals surface area contributed by atoms with Gasteiger partial charge >= 0.3 is 0 Å². The fourth-order valence-corrected chi connectivity index (χ4v) is 15.4. The van der Waals surface area contributed by atoms with Crippen LogP contribution in [0.5, 0.6) is 0 Å². The number of aromatic nitrogens is 8. The number of benzene rings is 12. The summed E-state index contributed by atoms with van der Waals surface area (Å²) in [5.41, 5.74) is 30.9. The van der Waals surface area contributed by atoms with E-state index >= 15 is 0 Å². The monoisotopic (exact) mass is 1470 g/mol. The first-order valence-corrected chi connectivity index (χ1v) is 37.8. The predicted octanol–water partition coefficient (Wildman–Crippen LogP) is 20.7. The van der Waals surface area contributed by atoms with Gasteiger partial charge in [-0.1, -0.05) is 97.1 Å². The second-order valence-corrected chi connectivity index (χ2v) is 30.9. The Morgan fingerprint density at radius 1 is 0.161 bits per heavy atom. The van der Waals surface area contributed by atoms with Crippen molar-refractivity contribution >= 4 is 89.6 Å². The van der Waals surface area contributed by atoms with Gasteiger partial charge in [0.05, 0.1) is 0 Å². The highest BCUT2D eigenvalue weighted by molar-refractivity contribution is 6.12. The first-order chi connectivity index (χ1) is 54.0. The van der Waals surface area contributed by atoms with Crippen molar-refractivity contribution in [2.75, 3.05) is 152 Å². The van der Waals surface area contributed by atoms with E-state index in [0.29, 0.717) is 45.9 Å². The van der Waals surface area contributed by atoms with E-state index in [1.165, 1.54) is 0 Å². The highest BCUT2D eigenvalue weighted by Crippen LogP contribution is 2.49. The first kappa shape index (κ1) is 71.3. The van der Waals surface area contributed by atoms with E-state index in [0.717, 1.165) is 178 Å². The Bertz CT molecular complexity index is 5550. The van der Waals surface area contributed by atoms with E-state index < -0.39 is 0 Å². The Labute approximate surface area is 654 Å². The molecule has 0 saturated carbocycles. The molecule has 5 heterocycles. The molecule has 0 spiro atoms. The molecule has 0 aliphatic carbocycles. The van der Waals surface area contributed by atoms with Gasteiger partial charge in [-0.15, -0.1) is 0 Å². The summed E-state index contributed by atoms with van der Waals surface area (Å²) in [6.07, 6.45) is 0. The van der Waals surface area contributed by atoms with Crippen molar-refractivity contribution in [3.63, 3.8) is 0 Å². The van der Waals surface area contributed by atoms with Crippen LogP contribution in [0, 0.1) is 0 Å². The summed E-state index contributed by atoms with van der Waals surface area (Å²) in [4.78, 5) is 59.7. The van der Waals surface area contributed by atoms with E-state index in [1.807, 2.05) is 0 Å². The molecule has 16 heteroatoms. The minimum absolute atomic E-state index is 0.484. The van der Waals surface area contributed by atoms with Gasteiger partial charge in [0.25, 0.3) is 0 Å². The molecule has 0 unspecified atom stereocenters. The fourth-order valence-electron chi connectivity index (χ4n) is 15.4. The van der Waals surface area contributed by atoms with Crippen LogP contribution < -0.4 is 39.2 Å². The molecule has 0 radical (unpaired) electrons. The summed E-state index contributed by atoms with van der Waals surface area (Å²) in [7, 11) is 33.2. The molecule has 8 bridgehead atoms. The lowest BCUT2D eigenvalue weighted by atomic mass is 9.90. The van der Waals surface area contributed by atoms with Crippen molar-refractivity contribution in [2.45, 2.75) is 0 Å². The zero-order valence-electron chi connectivity index (χ0n) is 66.4. The van der Waals surface area contributed by atoms with E-state index in [9.17, 15) is 0 Å². The molecule has 3 aromatic heterocycles. The summed E-state index contributed by atoms with van der Waals surface area (Å²) in [6, 6.07) is 88.6. The molecule has 112 heavy (non-hydrogen) atoms. The van der Waals surface area contributed by atoms with Gasteiger partial charge in [0.2, 0.25) is 0 Å². The van der Waals surface area contributed by atoms with Crippen molar-refractivity contribution in [2.24, 2.45) is 0 Å². The molecule has 0 amide bonds. The average molecular weight is 1470 g/mol. The zero-order chi connectivity index (χ0) is 77.7. The summed E-state index contributed by atoms with van der Waals surface area (Å²) in [5.74, 6) is 1.94. The molecule has 16 nitrogen and oxygen atoms in total. The maximum Gasteiger partial charge on any atom is 0.164 e. The summed E-state index contributed by atoms with van der Waals surface area (Å²) < 4.78 is 0. The van der Waals surface area contributed by atoms with Gasteiger partial charge in [0, 0.05) is 202 Å². The fraction of sp³-hybridized carbons (Fsp3) is 0.167. The minimum atomic E-state index is 0.484. The third kappa shape index (κ3) is 13.1. The van der Waals surface area contributed by atoms with Crippen LogP contribution in [0.4, 0.5) is 45.5 Å². The molecule has 2 aliphatic heterocycles. The van der Waals surface area contributed by atoms with E-state index in [2.05, 4.69) is 405 Å². The number of fused-ring (bicyclic) bond motifs is 20. The number of hydrogen-bond donors (Lipinski definition) is 2. The van der Waals surface area contributed by atoms with Crippen molar-refractivity contribution in [1.29, 1.82) is 0 Å². The van der Waals surface area contributed by atoms with Gasteiger partial charge in [-0.05, 0) is 235 Å². The Hall–Kier alpha value is -13.6. The molecule has 0 fully saturated rings. The zero-order valence-corrected chi connectivity index (χ0v) is 66.4. The van der Waals surface area contributed by atoms with Crippen LogP contribution in [0.2, 0.25) is 0 Å². The summed E-state index contributed by atoms with van der Waals surface area (Å²) in [5, 5.41) is 3.38. The topological polar surface area (TPSA) is 135 Å². The van der Waals surface area contributed by atoms with Crippen LogP contribution in [0.3, 0.4) is 0 Å². The molecule has 17 rings (SSSR count). The third-order valence-electron chi connectivity index (χ3n) is 21.9. The number of hydrogen-bond acceptors (Lipinski definition) is 14. The second-order valence-electron chi connectivity index (χ2n) is 30.9. The largest absolute Gasteiger partial charge is 0.378 e. The Balaban J connectivity index is 1.04. The van der Waals surface area contributed by atoms with Crippen LogP contribution in [0.25, 0.3) is 179 Å². The number of rotatable bonds is 16. The van der Waals surface area contributed by atoms with Crippen molar-refractivity contribution in [3.05, 3.63) is 243 Å². The Kier molecular flexibility index (Phi) is 18.1. The van der Waals surface area contributed by atoms with Crippen LogP contribution in [0.1, 0.15) is 0 Å². The second kappa shape index (κ2) is 28.4. The highest BCUT2D eigenvalue weighted by Gasteiger charge is 2.29. The number of nitrogens with zero attached hydrogens (tertiary/aromatic N) is 14. The molecular formula is C96H90N16. The van der Waals surface area contributed by atoms with Crippen LogP contribution in [-0.4, -0.2) is 153 Å². The molecular weight excluding hydrogens is 1380 g/mol. The number of anilines is 8. The van der Waals surface area contributed by atoms with Gasteiger partial charge in [-0.2, -0.15) is 0 Å². The summed E-state index contributed by atoms with van der Waals surface area (Å²) in [6.45, 7) is 0. The lowest BCUT2D eigenvalue weighted by Crippen LogP contribution is -2.08. The molecule has 2 aliphatic rings. The van der Waals surface area contributed by atoms with Crippen LogP contribution in [0.15, 0.2) is 243 Å². The highest BCUT2D eigenvalue weighted by atomic mass is 15.1. The molecule has 0 atom stereocenters. The average Bonchev–Trinajstić information content (AvgIpc) is 1.52. The third-order valence-corrected chi connectivity index (χ3v) is 21.9. The predicted molar refractivity (Wildman–Crippen MR) is 474 cm³/mol. The lowest BCUT2D eigenvalue weighted by Gasteiger charge is -2.17. The Morgan fingerprint density at radius 3 is 0.429 bits per heavy atom. The number of aromatic amines is 2. The van der Waals surface area contributed by atoms with E-state index in [1.54, 1.807) is 0 Å². The lowest BCUT2D eigenvalue weighted by molar-refractivity contribution is 1.13. The van der Waals surface area contributed by atoms with Crippen molar-refractivity contribution in [1.82, 2.24) is 39.9 Å². The van der Waals surface area contributed by atoms with Crippen LogP contribution in [-0.2, 0) is 0 Å². The quantitative estimate of drug-likeness (QED) is 0.0950. The van der Waals surface area contributed by atoms with Gasteiger partial charge in [-0.25, -0.2) is 29.9 Å². The van der Waals surface area contributed by atoms with Crippen molar-refractivity contribution in [3.8, 4) is 135 Å². The summed E-state index contributed by atoms with van der Waals surface area (Å²) >= 11 is 0. The molecule has 0 saturated heterocycles. The Morgan fingerprint density at radius 2 is 0.295 bits per heavy atom. The maximum absolute atomic E-state index is 5.86. The normalized spacial score (nSPS) is 11.6. The molecule has 554 valence electrons. The standard InChI is InChI=1S/C96H90N16/c1-105(2)65-33-17-57(18-34-65)73-49-81-82(50-74(73)58-19-35-66(36-20-58)106(3)4)90-97-89(81)101-91-83-51-75(59-21-37-67(38-22-59)107(5)6)76(60-23-39-68(40-24-60)108(7)8)52-84(83)93(98-91)103-95-87-55-79(63-29-45-71(46-30-63)111(13)14)80(64-31-47-72(48-32-64)112(15)16)56-88(87)96(100-95)104-94-86-54-78(62-27-43-70(44-28-62)110(11)12)77(53-85(86)92(99-94)102-90)61-25-41-69(42-26-61)109(9)10/h17-56H,1-16H3,(H2,97,98,99,100,101,102,103,104). The number of H-pyrrole nitrogens is 2. The van der Waals surface area contributed by atoms with Gasteiger partial charge in [0.1, 0.15) is 22.6 Å². The molecule has 12 aromatic carbocycles. The number of nitrogens with one attached hydrogen (secondary N) is 2. The van der Waals surface area contributed by atoms with E-state index in [-0.39, 0.29) is 0 Å². The van der Waals surface area contributed by atoms with E-state index in [4.69, 9.17) is 29.9 Å². The first-order valence-electron chi connectivity index (χ1n) is 37.8. The molecule has 15 aromatic rings. The van der Waals surface area contributed by atoms with Gasteiger partial charge < -0.3 is 49.2 Å². The van der Waals surface area contributed by atoms with Gasteiger partial charge in [-0.3, -0.25) is 0 Å². The minimum Gasteiger partial charge on any atom is -0.378 e. The van der Waals surface area contributed by atoms with Crippen molar-refractivity contribution < 1.29 is 0 Å². The molecule has 2 N–H and O–H groups in total. The smallest absolute Gasteiger partial charge is 0.164 e. The maximum atomic E-state index is 5.86. The van der Waals surface area contributed by atoms with Crippen LogP contribution >= 0.6 is 0 Å². The van der Waals surface area contributed by atoms with Gasteiger partial charge in [0.15, 0.2) is 23.3 Å². The SMILES string of the molecule is CN(C)c1ccc(-c2cc3c(cc2-c2ccc(N(C)C)cc2)-c2nc-3nc3[nH]c(nc4nc(nc5[nH]c(n2)c2cc(-c6ccc(N(C)C)cc6)c(-c6ccc(N(C)C)cc6)cc52)-c2cc(-c5ccc(N(C)C)cc5)c(-c5ccc(N(C)C)cc5)cc2-4)c2cc(-c4ccc(N(C)C)cc4)c(-c4ccc(N(C)C)cc4)cc32)cc1.